The first kappa shape index (κ1) is 13.4. The number of thiophene rings is 1. The predicted molar refractivity (Wildman–Crippen MR) is 84.9 cm³/mol. The summed E-state index contributed by atoms with van der Waals surface area (Å²) in [5.41, 5.74) is 1.61. The molecule has 0 aliphatic rings. The molecule has 0 aliphatic carbocycles. The highest BCUT2D eigenvalue weighted by Crippen LogP contribution is 2.29. The van der Waals surface area contributed by atoms with E-state index in [2.05, 4.69) is 20.9 Å². The lowest BCUT2D eigenvalue weighted by molar-refractivity contribution is 0.104. The molecule has 2 heterocycles. The number of carbonyl (C=O) groups excluding carboxylic acids is 1. The van der Waals surface area contributed by atoms with Crippen molar-refractivity contribution in [2.24, 2.45) is 0 Å². The lowest BCUT2D eigenvalue weighted by Crippen LogP contribution is -1.97. The Morgan fingerprint density at radius 3 is 2.90 bits per heavy atom. The van der Waals surface area contributed by atoms with Crippen molar-refractivity contribution in [2.45, 2.75) is 6.92 Å². The minimum absolute atomic E-state index is 0.0283. The molecule has 2 aromatic heterocycles. The molecule has 0 atom stereocenters. The lowest BCUT2D eigenvalue weighted by Gasteiger charge is -2.03. The second kappa shape index (κ2) is 5.42. The lowest BCUT2D eigenvalue weighted by atomic mass is 10.1. The first-order chi connectivity index (χ1) is 9.69. The second-order valence-corrected chi connectivity index (χ2v) is 6.74. The average Bonchev–Trinajstić information content (AvgIpc) is 3.04. The number of ether oxygens (including phenoxy) is 1. The number of hydrogen-bond donors (Lipinski definition) is 1. The van der Waals surface area contributed by atoms with Crippen LogP contribution in [-0.2, 0) is 0 Å². The standard InChI is InChI=1S/C15H12BrNO2S/c1-2-19-9-3-4-12-10(7-9)11(8-17-12)15(18)13-5-6-14(16)20-13/h3-8,17H,2H2,1H3. The molecule has 0 radical (unpaired) electrons. The van der Waals surface area contributed by atoms with Crippen LogP contribution in [-0.4, -0.2) is 17.4 Å². The summed E-state index contributed by atoms with van der Waals surface area (Å²) in [6, 6.07) is 9.46. The maximum atomic E-state index is 12.5. The van der Waals surface area contributed by atoms with Gasteiger partial charge in [-0.15, -0.1) is 11.3 Å². The fourth-order valence-corrected chi connectivity index (χ4v) is 3.45. The van der Waals surface area contributed by atoms with Crippen molar-refractivity contribution in [3.63, 3.8) is 0 Å². The van der Waals surface area contributed by atoms with Gasteiger partial charge in [0.1, 0.15) is 5.75 Å². The Morgan fingerprint density at radius 1 is 1.35 bits per heavy atom. The van der Waals surface area contributed by atoms with E-state index >= 15 is 0 Å². The number of halogens is 1. The number of ketones is 1. The van der Waals surface area contributed by atoms with Crippen LogP contribution >= 0.6 is 27.3 Å². The van der Waals surface area contributed by atoms with E-state index in [1.807, 2.05) is 37.3 Å². The van der Waals surface area contributed by atoms with Gasteiger partial charge in [-0.25, -0.2) is 0 Å². The third-order valence-electron chi connectivity index (χ3n) is 3.01. The van der Waals surface area contributed by atoms with Crippen LogP contribution in [0, 0.1) is 0 Å². The number of rotatable bonds is 4. The molecule has 0 bridgehead atoms. The molecule has 0 amide bonds. The monoisotopic (exact) mass is 349 g/mol. The highest BCUT2D eigenvalue weighted by molar-refractivity contribution is 9.11. The fourth-order valence-electron chi connectivity index (χ4n) is 2.11. The minimum Gasteiger partial charge on any atom is -0.494 e. The number of aromatic nitrogens is 1. The fraction of sp³-hybridized carbons (Fsp3) is 0.133. The Bertz CT molecular complexity index is 775. The Kier molecular flexibility index (Phi) is 3.63. The summed E-state index contributed by atoms with van der Waals surface area (Å²) in [6.45, 7) is 2.55. The largest absolute Gasteiger partial charge is 0.494 e. The molecule has 3 aromatic rings. The summed E-state index contributed by atoms with van der Waals surface area (Å²) in [7, 11) is 0. The third kappa shape index (κ3) is 2.39. The predicted octanol–water partition coefficient (Wildman–Crippen LogP) is 4.62. The zero-order valence-corrected chi connectivity index (χ0v) is 13.2. The molecule has 102 valence electrons. The van der Waals surface area contributed by atoms with Gasteiger partial charge in [-0.3, -0.25) is 4.79 Å². The Balaban J connectivity index is 2.06. The topological polar surface area (TPSA) is 42.1 Å². The van der Waals surface area contributed by atoms with Crippen LogP contribution in [0.5, 0.6) is 5.75 Å². The SMILES string of the molecule is CCOc1ccc2[nH]cc(C(=O)c3ccc(Br)s3)c2c1. The summed E-state index contributed by atoms with van der Waals surface area (Å²) >= 11 is 4.82. The summed E-state index contributed by atoms with van der Waals surface area (Å²) in [5, 5.41) is 0.894. The molecule has 3 rings (SSSR count). The molecule has 0 saturated heterocycles. The Labute approximate surface area is 128 Å². The molecule has 3 nitrogen and oxygen atoms in total. The van der Waals surface area contributed by atoms with Gasteiger partial charge in [-0.05, 0) is 53.2 Å². The maximum Gasteiger partial charge on any atom is 0.205 e. The number of benzene rings is 1. The molecule has 5 heteroatoms. The highest BCUT2D eigenvalue weighted by atomic mass is 79.9. The van der Waals surface area contributed by atoms with Crippen LogP contribution in [0.15, 0.2) is 40.3 Å². The van der Waals surface area contributed by atoms with Gasteiger partial charge in [0, 0.05) is 22.7 Å². The first-order valence-electron chi connectivity index (χ1n) is 6.23. The van der Waals surface area contributed by atoms with Crippen LogP contribution < -0.4 is 4.74 Å². The average molecular weight is 350 g/mol. The van der Waals surface area contributed by atoms with Crippen LogP contribution in [0.1, 0.15) is 22.2 Å². The van der Waals surface area contributed by atoms with E-state index in [1.54, 1.807) is 6.20 Å². The molecule has 1 N–H and O–H groups in total. The van der Waals surface area contributed by atoms with E-state index in [-0.39, 0.29) is 5.78 Å². The molecular weight excluding hydrogens is 338 g/mol. The maximum absolute atomic E-state index is 12.5. The van der Waals surface area contributed by atoms with Gasteiger partial charge in [-0.1, -0.05) is 0 Å². The summed E-state index contributed by atoms with van der Waals surface area (Å²) in [5.74, 6) is 0.807. The van der Waals surface area contributed by atoms with Gasteiger partial charge in [0.05, 0.1) is 15.3 Å². The number of aromatic amines is 1. The smallest absolute Gasteiger partial charge is 0.205 e. The van der Waals surface area contributed by atoms with E-state index in [0.717, 1.165) is 25.3 Å². The Hall–Kier alpha value is -1.59. The molecule has 0 saturated carbocycles. The zero-order chi connectivity index (χ0) is 14.1. The molecule has 0 aliphatic heterocycles. The Morgan fingerprint density at radius 2 is 2.20 bits per heavy atom. The second-order valence-electron chi connectivity index (χ2n) is 4.28. The molecule has 0 unspecified atom stereocenters. The normalized spacial score (nSPS) is 10.9. The van der Waals surface area contributed by atoms with E-state index < -0.39 is 0 Å². The van der Waals surface area contributed by atoms with E-state index in [9.17, 15) is 4.79 Å². The van der Waals surface area contributed by atoms with Crippen LogP contribution in [0.25, 0.3) is 10.9 Å². The number of H-pyrrole nitrogens is 1. The quantitative estimate of drug-likeness (QED) is 0.698. The summed E-state index contributed by atoms with van der Waals surface area (Å²) < 4.78 is 6.45. The van der Waals surface area contributed by atoms with Crippen molar-refractivity contribution in [3.8, 4) is 5.75 Å². The van der Waals surface area contributed by atoms with Gasteiger partial charge in [0.2, 0.25) is 5.78 Å². The van der Waals surface area contributed by atoms with E-state index in [4.69, 9.17) is 4.74 Å². The molecule has 0 spiro atoms. The van der Waals surface area contributed by atoms with Crippen molar-refractivity contribution in [1.29, 1.82) is 0 Å². The summed E-state index contributed by atoms with van der Waals surface area (Å²) in [4.78, 5) is 16.4. The van der Waals surface area contributed by atoms with Gasteiger partial charge in [-0.2, -0.15) is 0 Å². The molecule has 0 fully saturated rings. The van der Waals surface area contributed by atoms with E-state index in [1.165, 1.54) is 11.3 Å². The van der Waals surface area contributed by atoms with Gasteiger partial charge in [0.25, 0.3) is 0 Å². The zero-order valence-electron chi connectivity index (χ0n) is 10.8. The summed E-state index contributed by atoms with van der Waals surface area (Å²) in [6.07, 6.45) is 1.76. The van der Waals surface area contributed by atoms with Crippen molar-refractivity contribution in [2.75, 3.05) is 6.61 Å². The minimum atomic E-state index is 0.0283. The van der Waals surface area contributed by atoms with Crippen LogP contribution in [0.4, 0.5) is 0 Å². The number of nitrogens with one attached hydrogen (secondary N) is 1. The van der Waals surface area contributed by atoms with Crippen LogP contribution in [0.3, 0.4) is 0 Å². The van der Waals surface area contributed by atoms with E-state index in [0.29, 0.717) is 12.2 Å². The third-order valence-corrected chi connectivity index (χ3v) is 4.63. The van der Waals surface area contributed by atoms with Crippen molar-refractivity contribution < 1.29 is 9.53 Å². The number of hydrogen-bond acceptors (Lipinski definition) is 3. The van der Waals surface area contributed by atoms with Crippen LogP contribution in [0.2, 0.25) is 0 Å². The molecule has 20 heavy (non-hydrogen) atoms. The van der Waals surface area contributed by atoms with Crippen molar-refractivity contribution in [1.82, 2.24) is 4.98 Å². The van der Waals surface area contributed by atoms with Gasteiger partial charge >= 0.3 is 0 Å². The number of carbonyl (C=O) groups is 1. The van der Waals surface area contributed by atoms with Crippen molar-refractivity contribution in [3.05, 3.63) is 50.8 Å². The molecule has 1 aromatic carbocycles. The highest BCUT2D eigenvalue weighted by Gasteiger charge is 2.16. The van der Waals surface area contributed by atoms with Gasteiger partial charge < -0.3 is 9.72 Å². The first-order valence-corrected chi connectivity index (χ1v) is 7.84. The number of fused-ring (bicyclic) bond motifs is 1. The molecular formula is C15H12BrNO2S. The van der Waals surface area contributed by atoms with Crippen molar-refractivity contribution >= 4 is 44.0 Å². The van der Waals surface area contributed by atoms with Gasteiger partial charge in [0.15, 0.2) is 0 Å².